The number of nitrogens with one attached hydrogen (secondary N) is 1. The molecule has 1 aromatic carbocycles. The van der Waals surface area contributed by atoms with E-state index < -0.39 is 0 Å². The lowest BCUT2D eigenvalue weighted by Crippen LogP contribution is -2.42. The van der Waals surface area contributed by atoms with Crippen molar-refractivity contribution in [3.8, 4) is 5.75 Å². The van der Waals surface area contributed by atoms with Gasteiger partial charge in [0.2, 0.25) is 0 Å². The summed E-state index contributed by atoms with van der Waals surface area (Å²) in [6, 6.07) is 9.37. The van der Waals surface area contributed by atoms with Crippen LogP contribution in [-0.4, -0.2) is 31.8 Å². The number of anilines is 1. The molecule has 0 aliphatic carbocycles. The van der Waals surface area contributed by atoms with Crippen molar-refractivity contribution in [1.82, 2.24) is 5.32 Å². The molecule has 100 valence electrons. The number of fused-ring (bicyclic) bond motifs is 1. The molecule has 0 fully saturated rings. The fraction of sp³-hybridized carbons (Fsp3) is 0.600. The lowest BCUT2D eigenvalue weighted by molar-refractivity contribution is 0.322. The van der Waals surface area contributed by atoms with Crippen molar-refractivity contribution in [2.24, 2.45) is 0 Å². The first kappa shape index (κ1) is 13.2. The van der Waals surface area contributed by atoms with Gasteiger partial charge in [0.1, 0.15) is 5.75 Å². The molecule has 0 bridgehead atoms. The van der Waals surface area contributed by atoms with E-state index in [9.17, 15) is 0 Å². The Balaban J connectivity index is 2.12. The molecule has 0 amide bonds. The fourth-order valence-corrected chi connectivity index (χ4v) is 2.33. The summed E-state index contributed by atoms with van der Waals surface area (Å²) in [6.07, 6.45) is 1.08. The maximum Gasteiger partial charge on any atom is 0.142 e. The van der Waals surface area contributed by atoms with Crippen LogP contribution in [0.4, 0.5) is 5.69 Å². The van der Waals surface area contributed by atoms with Gasteiger partial charge in [0.15, 0.2) is 0 Å². The van der Waals surface area contributed by atoms with Gasteiger partial charge >= 0.3 is 0 Å². The van der Waals surface area contributed by atoms with Crippen LogP contribution in [0.2, 0.25) is 0 Å². The van der Waals surface area contributed by atoms with Gasteiger partial charge in [-0.1, -0.05) is 26.0 Å². The Labute approximate surface area is 110 Å². The minimum Gasteiger partial charge on any atom is -0.491 e. The first-order valence-corrected chi connectivity index (χ1v) is 6.90. The predicted molar refractivity (Wildman–Crippen MR) is 76.5 cm³/mol. The number of rotatable bonds is 4. The molecule has 3 heteroatoms. The van der Waals surface area contributed by atoms with Crippen LogP contribution in [0.5, 0.6) is 5.75 Å². The third kappa shape index (κ3) is 3.16. The quantitative estimate of drug-likeness (QED) is 0.886. The van der Waals surface area contributed by atoms with Gasteiger partial charge in [-0.15, -0.1) is 0 Å². The van der Waals surface area contributed by atoms with Crippen LogP contribution in [0.3, 0.4) is 0 Å². The highest BCUT2D eigenvalue weighted by Gasteiger charge is 2.20. The summed E-state index contributed by atoms with van der Waals surface area (Å²) in [6.45, 7) is 9.54. The molecule has 0 spiro atoms. The molecular formula is C15H24N2O. The molecule has 0 saturated carbocycles. The van der Waals surface area contributed by atoms with Crippen LogP contribution in [0.25, 0.3) is 0 Å². The number of ether oxygens (including phenoxy) is 1. The summed E-state index contributed by atoms with van der Waals surface area (Å²) in [7, 11) is 0. The maximum atomic E-state index is 5.79. The maximum absolute atomic E-state index is 5.79. The second-order valence-corrected chi connectivity index (χ2v) is 5.28. The van der Waals surface area contributed by atoms with Crippen LogP contribution in [-0.2, 0) is 0 Å². The summed E-state index contributed by atoms with van der Waals surface area (Å²) in [5.74, 6) is 1.02. The average Bonchev–Trinajstić information content (AvgIpc) is 2.58. The first-order valence-electron chi connectivity index (χ1n) is 6.90. The minimum absolute atomic E-state index is 0.482. The molecule has 18 heavy (non-hydrogen) atoms. The van der Waals surface area contributed by atoms with Gasteiger partial charge in [-0.25, -0.2) is 0 Å². The molecule has 1 heterocycles. The average molecular weight is 248 g/mol. The number of para-hydroxylation sites is 2. The summed E-state index contributed by atoms with van der Waals surface area (Å²) < 4.78 is 5.79. The van der Waals surface area contributed by atoms with E-state index in [0.29, 0.717) is 12.1 Å². The summed E-state index contributed by atoms with van der Waals surface area (Å²) in [5.41, 5.74) is 1.23. The Hall–Kier alpha value is -1.22. The zero-order chi connectivity index (χ0) is 13.0. The topological polar surface area (TPSA) is 24.5 Å². The monoisotopic (exact) mass is 248 g/mol. The summed E-state index contributed by atoms with van der Waals surface area (Å²) >= 11 is 0. The molecule has 0 aromatic heterocycles. The van der Waals surface area contributed by atoms with Crippen LogP contribution in [0.1, 0.15) is 27.2 Å². The number of hydrogen-bond acceptors (Lipinski definition) is 3. The Morgan fingerprint density at radius 3 is 2.83 bits per heavy atom. The van der Waals surface area contributed by atoms with Crippen molar-refractivity contribution in [2.75, 3.05) is 24.6 Å². The Kier molecular flexibility index (Phi) is 4.48. The Morgan fingerprint density at radius 2 is 2.06 bits per heavy atom. The van der Waals surface area contributed by atoms with E-state index in [2.05, 4.69) is 49.2 Å². The Bertz CT molecular complexity index is 379. The van der Waals surface area contributed by atoms with Crippen molar-refractivity contribution < 1.29 is 4.74 Å². The van der Waals surface area contributed by atoms with Gasteiger partial charge in [0.05, 0.1) is 12.3 Å². The van der Waals surface area contributed by atoms with Crippen molar-refractivity contribution in [3.05, 3.63) is 24.3 Å². The van der Waals surface area contributed by atoms with Crippen molar-refractivity contribution in [3.63, 3.8) is 0 Å². The lowest BCUT2D eigenvalue weighted by atomic mass is 10.2. The molecule has 3 nitrogen and oxygen atoms in total. The highest BCUT2D eigenvalue weighted by Crippen LogP contribution is 2.31. The zero-order valence-electron chi connectivity index (χ0n) is 11.6. The largest absolute Gasteiger partial charge is 0.491 e. The van der Waals surface area contributed by atoms with E-state index in [-0.39, 0.29) is 0 Å². The van der Waals surface area contributed by atoms with Crippen LogP contribution in [0.15, 0.2) is 24.3 Å². The van der Waals surface area contributed by atoms with Gasteiger partial charge < -0.3 is 15.0 Å². The van der Waals surface area contributed by atoms with Gasteiger partial charge in [0, 0.05) is 25.2 Å². The van der Waals surface area contributed by atoms with Crippen molar-refractivity contribution in [1.29, 1.82) is 0 Å². The molecule has 1 aliphatic heterocycles. The van der Waals surface area contributed by atoms with Gasteiger partial charge in [0.25, 0.3) is 0 Å². The van der Waals surface area contributed by atoms with Crippen molar-refractivity contribution in [2.45, 2.75) is 39.3 Å². The SMILES string of the molecule is CC(C)NCC(C)N1CCCOc2ccccc21. The molecular weight excluding hydrogens is 224 g/mol. The third-order valence-corrected chi connectivity index (χ3v) is 3.33. The highest BCUT2D eigenvalue weighted by molar-refractivity contribution is 5.59. The predicted octanol–water partition coefficient (Wildman–Crippen LogP) is 2.66. The third-order valence-electron chi connectivity index (χ3n) is 3.33. The molecule has 1 aliphatic rings. The molecule has 0 saturated heterocycles. The smallest absolute Gasteiger partial charge is 0.142 e. The lowest BCUT2D eigenvalue weighted by Gasteiger charge is -2.31. The second-order valence-electron chi connectivity index (χ2n) is 5.28. The number of nitrogens with zero attached hydrogens (tertiary/aromatic N) is 1. The second kappa shape index (κ2) is 6.10. The van der Waals surface area contributed by atoms with E-state index in [1.54, 1.807) is 0 Å². The molecule has 1 aromatic rings. The normalized spacial score (nSPS) is 17.0. The standard InChI is InChI=1S/C15H24N2O/c1-12(2)16-11-13(3)17-9-6-10-18-15-8-5-4-7-14(15)17/h4-5,7-8,12-13,16H,6,9-11H2,1-3H3. The highest BCUT2D eigenvalue weighted by atomic mass is 16.5. The van der Waals surface area contributed by atoms with Crippen LogP contribution >= 0.6 is 0 Å². The number of hydrogen-bond donors (Lipinski definition) is 1. The van der Waals surface area contributed by atoms with Gasteiger partial charge in [-0.2, -0.15) is 0 Å². The van der Waals surface area contributed by atoms with Crippen LogP contribution in [0, 0.1) is 0 Å². The Morgan fingerprint density at radius 1 is 1.28 bits per heavy atom. The first-order chi connectivity index (χ1) is 8.68. The van der Waals surface area contributed by atoms with Crippen LogP contribution < -0.4 is 15.0 Å². The van der Waals surface area contributed by atoms with Gasteiger partial charge in [-0.3, -0.25) is 0 Å². The van der Waals surface area contributed by atoms with E-state index >= 15 is 0 Å². The van der Waals surface area contributed by atoms with E-state index in [1.807, 2.05) is 6.07 Å². The molecule has 2 rings (SSSR count). The fourth-order valence-electron chi connectivity index (χ4n) is 2.33. The molecule has 1 atom stereocenters. The summed E-state index contributed by atoms with van der Waals surface area (Å²) in [4.78, 5) is 2.46. The number of benzene rings is 1. The summed E-state index contributed by atoms with van der Waals surface area (Å²) in [5, 5.41) is 3.51. The van der Waals surface area contributed by atoms with Gasteiger partial charge in [-0.05, 0) is 25.5 Å². The van der Waals surface area contributed by atoms with E-state index in [1.165, 1.54) is 5.69 Å². The molecule has 1 N–H and O–H groups in total. The zero-order valence-corrected chi connectivity index (χ0v) is 11.6. The molecule has 0 radical (unpaired) electrons. The van der Waals surface area contributed by atoms with E-state index in [4.69, 9.17) is 4.74 Å². The molecule has 1 unspecified atom stereocenters. The van der Waals surface area contributed by atoms with Crippen molar-refractivity contribution >= 4 is 5.69 Å². The minimum atomic E-state index is 0.482. The van der Waals surface area contributed by atoms with E-state index in [0.717, 1.165) is 31.9 Å².